The summed E-state index contributed by atoms with van der Waals surface area (Å²) in [6.07, 6.45) is 4.38. The van der Waals surface area contributed by atoms with Crippen LogP contribution in [0.15, 0.2) is 48.8 Å². The van der Waals surface area contributed by atoms with E-state index in [0.717, 1.165) is 6.54 Å². The Morgan fingerprint density at radius 2 is 1.78 bits per heavy atom. The van der Waals surface area contributed by atoms with Gasteiger partial charge in [-0.2, -0.15) is 0 Å². The van der Waals surface area contributed by atoms with Gasteiger partial charge in [-0.3, -0.25) is 0 Å². The van der Waals surface area contributed by atoms with Gasteiger partial charge in [-0.1, -0.05) is 44.2 Å². The Morgan fingerprint density at radius 3 is 2.44 bits per heavy atom. The highest BCUT2D eigenvalue weighted by Gasteiger charge is 2.07. The van der Waals surface area contributed by atoms with Gasteiger partial charge in [0.2, 0.25) is 0 Å². The van der Waals surface area contributed by atoms with Crippen LogP contribution >= 0.6 is 0 Å². The molecule has 0 bridgehead atoms. The maximum Gasteiger partial charge on any atom is 0.0470 e. The van der Waals surface area contributed by atoms with Crippen molar-refractivity contribution in [3.05, 3.63) is 59.9 Å². The van der Waals surface area contributed by atoms with E-state index in [2.05, 4.69) is 79.4 Å². The molecular weight excluding hydrogens is 220 g/mol. The number of hydrogen-bond donors (Lipinski definition) is 1. The van der Waals surface area contributed by atoms with Crippen LogP contribution in [0.1, 0.15) is 37.9 Å². The molecule has 2 rings (SSSR count). The molecule has 0 aliphatic carbocycles. The fraction of sp³-hybridized carbons (Fsp3) is 0.375. The summed E-state index contributed by atoms with van der Waals surface area (Å²) in [7, 11) is 0. The second-order valence-corrected chi connectivity index (χ2v) is 5.15. The minimum absolute atomic E-state index is 0.405. The molecule has 2 heteroatoms. The van der Waals surface area contributed by atoms with Crippen LogP contribution in [-0.4, -0.2) is 10.6 Å². The molecule has 0 unspecified atom stereocenters. The summed E-state index contributed by atoms with van der Waals surface area (Å²) < 4.78 is 2.24. The molecule has 0 spiro atoms. The average molecular weight is 242 g/mol. The molecule has 2 nitrogen and oxygen atoms in total. The normalized spacial score (nSPS) is 12.9. The molecule has 0 radical (unpaired) electrons. The molecule has 18 heavy (non-hydrogen) atoms. The summed E-state index contributed by atoms with van der Waals surface area (Å²) in [5, 5.41) is 3.52. The zero-order chi connectivity index (χ0) is 13.0. The highest BCUT2D eigenvalue weighted by Crippen LogP contribution is 2.14. The zero-order valence-electron chi connectivity index (χ0n) is 11.4. The molecule has 0 amide bonds. The van der Waals surface area contributed by atoms with E-state index in [-0.39, 0.29) is 0 Å². The molecule has 96 valence electrons. The fourth-order valence-electron chi connectivity index (χ4n) is 2.20. The second kappa shape index (κ2) is 5.87. The second-order valence-electron chi connectivity index (χ2n) is 5.15. The summed E-state index contributed by atoms with van der Waals surface area (Å²) in [6, 6.07) is 13.7. The highest BCUT2D eigenvalue weighted by molar-refractivity contribution is 5.19. The number of aromatic nitrogens is 1. The van der Waals surface area contributed by atoms with E-state index < -0.39 is 0 Å². The maximum atomic E-state index is 3.52. The Bertz CT molecular complexity index is 471. The Kier molecular flexibility index (Phi) is 4.21. The lowest BCUT2D eigenvalue weighted by Gasteiger charge is -2.15. The minimum Gasteiger partial charge on any atom is -0.350 e. The van der Waals surface area contributed by atoms with Crippen LogP contribution in [0.3, 0.4) is 0 Å². The Hall–Kier alpha value is -1.54. The molecule has 2 aromatic rings. The standard InChI is InChI=1S/C16H22N2/c1-13(2)17-14(3)16-9-10-18(12-16)11-15-7-5-4-6-8-15/h4-10,12-14,17H,11H2,1-3H3/t14-/m1/s1. The van der Waals surface area contributed by atoms with Crippen molar-refractivity contribution in [3.63, 3.8) is 0 Å². The van der Waals surface area contributed by atoms with Gasteiger partial charge >= 0.3 is 0 Å². The van der Waals surface area contributed by atoms with Crippen molar-refractivity contribution >= 4 is 0 Å². The van der Waals surface area contributed by atoms with Gasteiger partial charge in [-0.05, 0) is 24.1 Å². The molecule has 0 aliphatic heterocycles. The average Bonchev–Trinajstić information content (AvgIpc) is 2.78. The van der Waals surface area contributed by atoms with E-state index in [1.165, 1.54) is 11.1 Å². The largest absolute Gasteiger partial charge is 0.350 e. The molecule has 1 aromatic heterocycles. The van der Waals surface area contributed by atoms with E-state index >= 15 is 0 Å². The third kappa shape index (κ3) is 3.47. The van der Waals surface area contributed by atoms with E-state index in [9.17, 15) is 0 Å². The summed E-state index contributed by atoms with van der Waals surface area (Å²) in [6.45, 7) is 7.51. The van der Waals surface area contributed by atoms with E-state index in [1.54, 1.807) is 0 Å². The predicted octanol–water partition coefficient (Wildman–Crippen LogP) is 3.60. The summed E-state index contributed by atoms with van der Waals surface area (Å²) in [5.41, 5.74) is 2.68. The molecule has 0 saturated carbocycles. The Balaban J connectivity index is 2.02. The number of hydrogen-bond acceptors (Lipinski definition) is 1. The zero-order valence-corrected chi connectivity index (χ0v) is 11.4. The molecule has 0 aliphatic rings. The first kappa shape index (κ1) is 12.9. The predicted molar refractivity (Wildman–Crippen MR) is 76.7 cm³/mol. The Labute approximate surface area is 110 Å². The van der Waals surface area contributed by atoms with Crippen LogP contribution in [0.5, 0.6) is 0 Å². The monoisotopic (exact) mass is 242 g/mol. The molecular formula is C16H22N2. The van der Waals surface area contributed by atoms with Crippen molar-refractivity contribution in [2.24, 2.45) is 0 Å². The van der Waals surface area contributed by atoms with Gasteiger partial charge < -0.3 is 9.88 Å². The van der Waals surface area contributed by atoms with Crippen molar-refractivity contribution in [1.29, 1.82) is 0 Å². The summed E-state index contributed by atoms with van der Waals surface area (Å²) in [5.74, 6) is 0. The third-order valence-corrected chi connectivity index (χ3v) is 3.06. The van der Waals surface area contributed by atoms with Crippen LogP contribution in [0.4, 0.5) is 0 Å². The van der Waals surface area contributed by atoms with Gasteiger partial charge in [-0.15, -0.1) is 0 Å². The summed E-state index contributed by atoms with van der Waals surface area (Å²) in [4.78, 5) is 0. The van der Waals surface area contributed by atoms with Crippen LogP contribution in [0, 0.1) is 0 Å². The van der Waals surface area contributed by atoms with Gasteiger partial charge in [0.15, 0.2) is 0 Å². The SMILES string of the molecule is CC(C)N[C@H](C)c1ccn(Cc2ccccc2)c1. The minimum atomic E-state index is 0.405. The number of nitrogens with zero attached hydrogens (tertiary/aromatic N) is 1. The lowest BCUT2D eigenvalue weighted by Crippen LogP contribution is -2.25. The molecule has 1 N–H and O–H groups in total. The van der Waals surface area contributed by atoms with E-state index in [4.69, 9.17) is 0 Å². The van der Waals surface area contributed by atoms with Gasteiger partial charge in [0.25, 0.3) is 0 Å². The topological polar surface area (TPSA) is 17.0 Å². The first-order valence-electron chi connectivity index (χ1n) is 6.61. The third-order valence-electron chi connectivity index (χ3n) is 3.06. The van der Waals surface area contributed by atoms with Crippen LogP contribution in [-0.2, 0) is 6.54 Å². The van der Waals surface area contributed by atoms with Crippen molar-refractivity contribution in [2.75, 3.05) is 0 Å². The van der Waals surface area contributed by atoms with Gasteiger partial charge in [0, 0.05) is 31.0 Å². The molecule has 0 fully saturated rings. The molecule has 0 saturated heterocycles. The van der Waals surface area contributed by atoms with Gasteiger partial charge in [-0.25, -0.2) is 0 Å². The number of nitrogens with one attached hydrogen (secondary N) is 1. The van der Waals surface area contributed by atoms with Crippen LogP contribution < -0.4 is 5.32 Å². The van der Waals surface area contributed by atoms with E-state index in [1.807, 2.05) is 0 Å². The first-order chi connectivity index (χ1) is 8.65. The van der Waals surface area contributed by atoms with Crippen molar-refractivity contribution in [1.82, 2.24) is 9.88 Å². The summed E-state index contributed by atoms with van der Waals surface area (Å²) >= 11 is 0. The number of benzene rings is 1. The van der Waals surface area contributed by atoms with Crippen molar-refractivity contribution in [2.45, 2.75) is 39.4 Å². The van der Waals surface area contributed by atoms with E-state index in [0.29, 0.717) is 12.1 Å². The van der Waals surface area contributed by atoms with Crippen LogP contribution in [0.25, 0.3) is 0 Å². The highest BCUT2D eigenvalue weighted by atomic mass is 15.0. The molecule has 1 heterocycles. The first-order valence-corrected chi connectivity index (χ1v) is 6.61. The van der Waals surface area contributed by atoms with Crippen molar-refractivity contribution in [3.8, 4) is 0 Å². The molecule has 1 atom stereocenters. The van der Waals surface area contributed by atoms with Gasteiger partial charge in [0.05, 0.1) is 0 Å². The lowest BCUT2D eigenvalue weighted by atomic mass is 10.1. The maximum absolute atomic E-state index is 3.52. The smallest absolute Gasteiger partial charge is 0.0470 e. The quantitative estimate of drug-likeness (QED) is 0.847. The molecule has 1 aromatic carbocycles. The van der Waals surface area contributed by atoms with Gasteiger partial charge in [0.1, 0.15) is 0 Å². The van der Waals surface area contributed by atoms with Crippen molar-refractivity contribution < 1.29 is 0 Å². The van der Waals surface area contributed by atoms with Crippen LogP contribution in [0.2, 0.25) is 0 Å². The lowest BCUT2D eigenvalue weighted by molar-refractivity contribution is 0.506. The fourth-order valence-corrected chi connectivity index (χ4v) is 2.20. The number of rotatable bonds is 5. The Morgan fingerprint density at radius 1 is 1.06 bits per heavy atom.